The van der Waals surface area contributed by atoms with Gasteiger partial charge in [0, 0.05) is 5.38 Å². The van der Waals surface area contributed by atoms with Crippen LogP contribution in [0.15, 0.2) is 17.5 Å². The Labute approximate surface area is 107 Å². The molecule has 0 bridgehead atoms. The van der Waals surface area contributed by atoms with E-state index < -0.39 is 17.2 Å². The van der Waals surface area contributed by atoms with E-state index in [0.29, 0.717) is 5.69 Å². The summed E-state index contributed by atoms with van der Waals surface area (Å²) in [5, 5.41) is 30.7. The van der Waals surface area contributed by atoms with Crippen molar-refractivity contribution in [2.45, 2.75) is 13.3 Å². The fraction of sp³-hybridized carbons (Fsp3) is 0.167. The molecule has 1 aromatic heterocycles. The van der Waals surface area contributed by atoms with E-state index in [1.165, 1.54) is 17.4 Å². The monoisotopic (exact) mass is 265 g/mol. The average Bonchev–Trinajstić information content (AvgIpc) is 2.71. The summed E-state index contributed by atoms with van der Waals surface area (Å²) in [6.07, 6.45) is 0.0438. The summed E-state index contributed by atoms with van der Waals surface area (Å²) in [4.78, 5) is 16.1. The van der Waals surface area contributed by atoms with E-state index in [9.17, 15) is 15.0 Å². The SMILES string of the molecule is Cc1nc(CC(=O)c2ccc(O)c(O)c2O)cs1. The quantitative estimate of drug-likeness (QED) is 0.583. The number of phenols is 3. The average molecular weight is 265 g/mol. The topological polar surface area (TPSA) is 90.7 Å². The van der Waals surface area contributed by atoms with Gasteiger partial charge in [-0.15, -0.1) is 11.3 Å². The van der Waals surface area contributed by atoms with Gasteiger partial charge in [-0.2, -0.15) is 0 Å². The molecular weight excluding hydrogens is 254 g/mol. The highest BCUT2D eigenvalue weighted by molar-refractivity contribution is 7.09. The zero-order valence-corrected chi connectivity index (χ0v) is 10.4. The molecule has 6 heteroatoms. The number of aromatic hydroxyl groups is 3. The molecule has 94 valence electrons. The fourth-order valence-electron chi connectivity index (χ4n) is 1.54. The van der Waals surface area contributed by atoms with Crippen LogP contribution >= 0.6 is 11.3 Å². The van der Waals surface area contributed by atoms with E-state index in [1.54, 1.807) is 5.38 Å². The Morgan fingerprint density at radius 2 is 2.00 bits per heavy atom. The third-order valence-electron chi connectivity index (χ3n) is 2.44. The standard InChI is InChI=1S/C12H11NO4S/c1-6-13-7(5-18-6)4-10(15)8-2-3-9(14)12(17)11(8)16/h2-3,5,14,16-17H,4H2,1H3. The van der Waals surface area contributed by atoms with Crippen molar-refractivity contribution in [2.24, 2.45) is 0 Å². The first-order chi connectivity index (χ1) is 8.49. The second-order valence-corrected chi connectivity index (χ2v) is 4.85. The molecular formula is C12H11NO4S. The van der Waals surface area contributed by atoms with E-state index >= 15 is 0 Å². The number of rotatable bonds is 3. The van der Waals surface area contributed by atoms with Crippen LogP contribution in [0.25, 0.3) is 0 Å². The molecule has 0 spiro atoms. The van der Waals surface area contributed by atoms with E-state index in [4.69, 9.17) is 5.11 Å². The van der Waals surface area contributed by atoms with Gasteiger partial charge >= 0.3 is 0 Å². The van der Waals surface area contributed by atoms with Crippen molar-refractivity contribution in [1.29, 1.82) is 0 Å². The Kier molecular flexibility index (Phi) is 3.20. The number of benzene rings is 1. The number of nitrogens with zero attached hydrogens (tertiary/aromatic N) is 1. The molecule has 1 aromatic carbocycles. The van der Waals surface area contributed by atoms with Crippen molar-refractivity contribution in [3.8, 4) is 17.2 Å². The van der Waals surface area contributed by atoms with E-state index in [2.05, 4.69) is 4.98 Å². The molecule has 0 aliphatic rings. The highest BCUT2D eigenvalue weighted by Gasteiger charge is 2.18. The van der Waals surface area contributed by atoms with E-state index in [-0.39, 0.29) is 17.8 Å². The Hall–Kier alpha value is -2.08. The molecule has 0 aliphatic carbocycles. The highest BCUT2D eigenvalue weighted by Crippen LogP contribution is 2.37. The summed E-state index contributed by atoms with van der Waals surface area (Å²) in [5.74, 6) is -2.12. The Morgan fingerprint density at radius 1 is 1.28 bits per heavy atom. The molecule has 0 aliphatic heterocycles. The molecule has 18 heavy (non-hydrogen) atoms. The predicted molar refractivity (Wildman–Crippen MR) is 66.3 cm³/mol. The smallest absolute Gasteiger partial charge is 0.201 e. The number of phenolic OH excluding ortho intramolecular Hbond substituents is 3. The van der Waals surface area contributed by atoms with Crippen LogP contribution in [-0.4, -0.2) is 26.1 Å². The number of ketones is 1. The summed E-state index contributed by atoms with van der Waals surface area (Å²) >= 11 is 1.44. The van der Waals surface area contributed by atoms with Crippen LogP contribution < -0.4 is 0 Å². The Balaban J connectivity index is 2.27. The fourth-order valence-corrected chi connectivity index (χ4v) is 2.16. The zero-order chi connectivity index (χ0) is 13.3. The molecule has 1 heterocycles. The lowest BCUT2D eigenvalue weighted by molar-refractivity contribution is 0.0989. The molecule has 0 saturated heterocycles. The number of hydrogen-bond acceptors (Lipinski definition) is 6. The highest BCUT2D eigenvalue weighted by atomic mass is 32.1. The number of Topliss-reactive ketones (excluding diaryl/α,β-unsaturated/α-hetero) is 1. The van der Waals surface area contributed by atoms with Crippen molar-refractivity contribution >= 4 is 17.1 Å². The van der Waals surface area contributed by atoms with Crippen molar-refractivity contribution < 1.29 is 20.1 Å². The second kappa shape index (κ2) is 4.66. The van der Waals surface area contributed by atoms with Gasteiger partial charge in [0.05, 0.1) is 22.7 Å². The minimum absolute atomic E-state index is 0.0315. The number of hydrogen-bond donors (Lipinski definition) is 3. The van der Waals surface area contributed by atoms with Crippen molar-refractivity contribution in [3.63, 3.8) is 0 Å². The van der Waals surface area contributed by atoms with Gasteiger partial charge < -0.3 is 15.3 Å². The van der Waals surface area contributed by atoms with Crippen molar-refractivity contribution in [3.05, 3.63) is 33.8 Å². The number of carbonyl (C=O) groups is 1. The Bertz CT molecular complexity index is 606. The minimum Gasteiger partial charge on any atom is -0.504 e. The predicted octanol–water partition coefficient (Wildman–Crippen LogP) is 1.99. The molecule has 5 nitrogen and oxygen atoms in total. The zero-order valence-electron chi connectivity index (χ0n) is 9.54. The largest absolute Gasteiger partial charge is 0.504 e. The third-order valence-corrected chi connectivity index (χ3v) is 3.26. The summed E-state index contributed by atoms with van der Waals surface area (Å²) in [7, 11) is 0. The van der Waals surface area contributed by atoms with E-state index in [1.807, 2.05) is 6.92 Å². The Morgan fingerprint density at radius 3 is 2.61 bits per heavy atom. The first kappa shape index (κ1) is 12.4. The van der Waals surface area contributed by atoms with Gasteiger partial charge in [-0.25, -0.2) is 4.98 Å². The van der Waals surface area contributed by atoms with Crippen molar-refractivity contribution in [2.75, 3.05) is 0 Å². The number of carbonyl (C=O) groups excluding carboxylic acids is 1. The number of aryl methyl sites for hydroxylation is 1. The molecule has 0 radical (unpaired) electrons. The number of aromatic nitrogens is 1. The van der Waals surface area contributed by atoms with Crippen LogP contribution in [0.5, 0.6) is 17.2 Å². The number of thiazole rings is 1. The van der Waals surface area contributed by atoms with Crippen LogP contribution in [0.2, 0.25) is 0 Å². The maximum absolute atomic E-state index is 11.9. The van der Waals surface area contributed by atoms with Gasteiger partial charge in [-0.05, 0) is 19.1 Å². The van der Waals surface area contributed by atoms with Gasteiger partial charge in [0.25, 0.3) is 0 Å². The van der Waals surface area contributed by atoms with Crippen LogP contribution in [0, 0.1) is 6.92 Å². The molecule has 3 N–H and O–H groups in total. The van der Waals surface area contributed by atoms with Crippen LogP contribution in [0.4, 0.5) is 0 Å². The summed E-state index contributed by atoms with van der Waals surface area (Å²) in [6, 6.07) is 2.43. The third kappa shape index (κ3) is 2.28. The molecule has 2 rings (SSSR count). The first-order valence-electron chi connectivity index (χ1n) is 5.17. The van der Waals surface area contributed by atoms with Gasteiger partial charge in [0.2, 0.25) is 5.75 Å². The maximum atomic E-state index is 11.9. The lowest BCUT2D eigenvalue weighted by Gasteiger charge is -2.05. The van der Waals surface area contributed by atoms with Gasteiger partial charge in [0.1, 0.15) is 0 Å². The van der Waals surface area contributed by atoms with Crippen LogP contribution in [-0.2, 0) is 6.42 Å². The van der Waals surface area contributed by atoms with E-state index in [0.717, 1.165) is 11.1 Å². The lowest BCUT2D eigenvalue weighted by atomic mass is 10.1. The van der Waals surface area contributed by atoms with Crippen LogP contribution in [0.1, 0.15) is 21.1 Å². The summed E-state index contributed by atoms with van der Waals surface area (Å²) < 4.78 is 0. The molecule has 0 atom stereocenters. The first-order valence-corrected chi connectivity index (χ1v) is 6.05. The molecule has 2 aromatic rings. The summed E-state index contributed by atoms with van der Waals surface area (Å²) in [5.41, 5.74) is 0.588. The van der Waals surface area contributed by atoms with Gasteiger partial charge in [-0.1, -0.05) is 0 Å². The van der Waals surface area contributed by atoms with Gasteiger partial charge in [-0.3, -0.25) is 4.79 Å². The maximum Gasteiger partial charge on any atom is 0.201 e. The molecule has 0 unspecified atom stereocenters. The second-order valence-electron chi connectivity index (χ2n) is 3.79. The van der Waals surface area contributed by atoms with Gasteiger partial charge in [0.15, 0.2) is 17.3 Å². The molecule has 0 amide bonds. The normalized spacial score (nSPS) is 10.5. The molecule has 0 fully saturated rings. The lowest BCUT2D eigenvalue weighted by Crippen LogP contribution is -2.04. The minimum atomic E-state index is -0.685. The molecule has 0 saturated carbocycles. The van der Waals surface area contributed by atoms with Crippen molar-refractivity contribution in [1.82, 2.24) is 4.98 Å². The summed E-state index contributed by atoms with van der Waals surface area (Å²) in [6.45, 7) is 1.84. The van der Waals surface area contributed by atoms with Crippen LogP contribution in [0.3, 0.4) is 0 Å².